The molecule has 0 radical (unpaired) electrons. The molecule has 0 aromatic rings. The molecule has 1 rings (SSSR count). The highest BCUT2D eigenvalue weighted by molar-refractivity contribution is 9.09. The molecule has 0 saturated carbocycles. The Balaban J connectivity index is 2.40. The fourth-order valence-electron chi connectivity index (χ4n) is 2.08. The maximum absolute atomic E-state index is 12.1. The Morgan fingerprint density at radius 3 is 2.56 bits per heavy atom. The molecule has 94 valence electrons. The summed E-state index contributed by atoms with van der Waals surface area (Å²) >= 11 is 5.43. The van der Waals surface area contributed by atoms with Crippen molar-refractivity contribution < 1.29 is 4.79 Å². The molecule has 2 nitrogen and oxygen atoms in total. The normalized spacial score (nSPS) is 17.8. The molecule has 1 amide bonds. The zero-order valence-electron chi connectivity index (χ0n) is 10.2. The van der Waals surface area contributed by atoms with E-state index in [1.807, 2.05) is 16.7 Å². The molecule has 1 heterocycles. The summed E-state index contributed by atoms with van der Waals surface area (Å²) in [6.07, 6.45) is 3.19. The Morgan fingerprint density at radius 1 is 1.44 bits per heavy atom. The van der Waals surface area contributed by atoms with Crippen LogP contribution >= 0.6 is 27.7 Å². The number of carbonyl (C=O) groups is 1. The maximum atomic E-state index is 12.1. The van der Waals surface area contributed by atoms with E-state index in [0.29, 0.717) is 17.9 Å². The van der Waals surface area contributed by atoms with Gasteiger partial charge in [0.1, 0.15) is 0 Å². The van der Waals surface area contributed by atoms with Crippen molar-refractivity contribution in [1.29, 1.82) is 0 Å². The predicted octanol–water partition coefficient (Wildman–Crippen LogP) is 3.15. The summed E-state index contributed by atoms with van der Waals surface area (Å²) in [6, 6.07) is 0.322. The maximum Gasteiger partial charge on any atom is 0.223 e. The van der Waals surface area contributed by atoms with Gasteiger partial charge in [0.15, 0.2) is 0 Å². The van der Waals surface area contributed by atoms with Crippen molar-refractivity contribution in [3.8, 4) is 0 Å². The number of nitrogens with zero attached hydrogens (tertiary/aromatic N) is 1. The first-order valence-electron chi connectivity index (χ1n) is 6.08. The standard InChI is InChI=1S/C12H22BrNOS/c1-10(2)14(6-5-13)12(15)9-11-3-7-16-8-4-11/h10-11H,3-9H2,1-2H3. The third-order valence-electron chi connectivity index (χ3n) is 3.07. The highest BCUT2D eigenvalue weighted by Gasteiger charge is 2.22. The summed E-state index contributed by atoms with van der Waals surface area (Å²) in [5.41, 5.74) is 0. The fraction of sp³-hybridized carbons (Fsp3) is 0.917. The second-order valence-corrected chi connectivity index (χ2v) is 6.65. The lowest BCUT2D eigenvalue weighted by molar-refractivity contribution is -0.133. The molecule has 0 aromatic carbocycles. The smallest absolute Gasteiger partial charge is 0.223 e. The van der Waals surface area contributed by atoms with Crippen LogP contribution in [0.5, 0.6) is 0 Å². The zero-order valence-corrected chi connectivity index (χ0v) is 12.6. The first-order valence-corrected chi connectivity index (χ1v) is 8.36. The van der Waals surface area contributed by atoms with Crippen molar-refractivity contribution in [3.05, 3.63) is 0 Å². The minimum Gasteiger partial charge on any atom is -0.339 e. The van der Waals surface area contributed by atoms with Gasteiger partial charge >= 0.3 is 0 Å². The number of halogens is 1. The van der Waals surface area contributed by atoms with Crippen molar-refractivity contribution in [3.63, 3.8) is 0 Å². The molecule has 0 atom stereocenters. The Labute approximate surface area is 112 Å². The second kappa shape index (κ2) is 7.59. The van der Waals surface area contributed by atoms with E-state index in [4.69, 9.17) is 0 Å². The van der Waals surface area contributed by atoms with Crippen molar-refractivity contribution in [2.45, 2.75) is 39.2 Å². The number of amides is 1. The molecule has 1 saturated heterocycles. The summed E-state index contributed by atoms with van der Waals surface area (Å²) < 4.78 is 0. The van der Waals surface area contributed by atoms with Crippen LogP contribution in [0.4, 0.5) is 0 Å². The van der Waals surface area contributed by atoms with Crippen LogP contribution in [-0.4, -0.2) is 40.2 Å². The van der Waals surface area contributed by atoms with Gasteiger partial charge in [0.2, 0.25) is 5.91 Å². The molecule has 0 aromatic heterocycles. The van der Waals surface area contributed by atoms with E-state index in [-0.39, 0.29) is 0 Å². The zero-order chi connectivity index (χ0) is 12.0. The molecule has 0 aliphatic carbocycles. The molecular formula is C12H22BrNOS. The van der Waals surface area contributed by atoms with Crippen molar-refractivity contribution >= 4 is 33.6 Å². The fourth-order valence-corrected chi connectivity index (χ4v) is 3.66. The van der Waals surface area contributed by atoms with E-state index >= 15 is 0 Å². The minimum absolute atomic E-state index is 0.322. The summed E-state index contributed by atoms with van der Waals surface area (Å²) in [4.78, 5) is 14.1. The van der Waals surface area contributed by atoms with E-state index in [9.17, 15) is 4.79 Å². The Morgan fingerprint density at radius 2 is 2.06 bits per heavy atom. The molecule has 0 N–H and O–H groups in total. The van der Waals surface area contributed by atoms with Crippen LogP contribution < -0.4 is 0 Å². The Kier molecular flexibility index (Phi) is 6.81. The molecule has 4 heteroatoms. The molecule has 1 aliphatic rings. The van der Waals surface area contributed by atoms with E-state index in [1.165, 1.54) is 24.3 Å². The van der Waals surface area contributed by atoms with Crippen molar-refractivity contribution in [2.75, 3.05) is 23.4 Å². The van der Waals surface area contributed by atoms with E-state index in [1.54, 1.807) is 0 Å². The van der Waals surface area contributed by atoms with Crippen LogP contribution in [0.15, 0.2) is 0 Å². The highest BCUT2D eigenvalue weighted by Crippen LogP contribution is 2.26. The SMILES string of the molecule is CC(C)N(CCBr)C(=O)CC1CCSCC1. The lowest BCUT2D eigenvalue weighted by Gasteiger charge is -2.29. The first kappa shape index (κ1) is 14.4. The lowest BCUT2D eigenvalue weighted by Crippen LogP contribution is -2.39. The molecule has 1 fully saturated rings. The highest BCUT2D eigenvalue weighted by atomic mass is 79.9. The van der Waals surface area contributed by atoms with Crippen LogP contribution in [0, 0.1) is 5.92 Å². The molecule has 16 heavy (non-hydrogen) atoms. The Hall–Kier alpha value is 0.300. The molecule has 1 aliphatic heterocycles. The molecular weight excluding hydrogens is 286 g/mol. The minimum atomic E-state index is 0.322. The monoisotopic (exact) mass is 307 g/mol. The van der Waals surface area contributed by atoms with Gasteiger partial charge in [-0.15, -0.1) is 0 Å². The van der Waals surface area contributed by atoms with Gasteiger partial charge in [-0.05, 0) is 44.1 Å². The molecule has 0 bridgehead atoms. The summed E-state index contributed by atoms with van der Waals surface area (Å²) in [7, 11) is 0. The predicted molar refractivity (Wildman–Crippen MR) is 75.3 cm³/mol. The molecule has 0 spiro atoms. The van der Waals surface area contributed by atoms with Crippen LogP contribution in [0.2, 0.25) is 0 Å². The van der Waals surface area contributed by atoms with Crippen LogP contribution in [0.1, 0.15) is 33.1 Å². The largest absolute Gasteiger partial charge is 0.339 e. The van der Waals surface area contributed by atoms with Crippen molar-refractivity contribution in [1.82, 2.24) is 4.90 Å². The van der Waals surface area contributed by atoms with Crippen LogP contribution in [0.3, 0.4) is 0 Å². The van der Waals surface area contributed by atoms with Gasteiger partial charge in [-0.2, -0.15) is 11.8 Å². The van der Waals surface area contributed by atoms with Crippen LogP contribution in [0.25, 0.3) is 0 Å². The van der Waals surface area contributed by atoms with Crippen LogP contribution in [-0.2, 0) is 4.79 Å². The van der Waals surface area contributed by atoms with E-state index < -0.39 is 0 Å². The third kappa shape index (κ3) is 4.66. The average Bonchev–Trinajstić information content (AvgIpc) is 2.26. The number of carbonyl (C=O) groups excluding carboxylic acids is 1. The topological polar surface area (TPSA) is 20.3 Å². The molecule has 0 unspecified atom stereocenters. The van der Waals surface area contributed by atoms with Gasteiger partial charge in [0, 0.05) is 24.3 Å². The van der Waals surface area contributed by atoms with Gasteiger partial charge < -0.3 is 4.90 Å². The van der Waals surface area contributed by atoms with E-state index in [2.05, 4.69) is 29.8 Å². The van der Waals surface area contributed by atoms with Crippen molar-refractivity contribution in [2.24, 2.45) is 5.92 Å². The first-order chi connectivity index (χ1) is 7.65. The Bertz CT molecular complexity index is 217. The van der Waals surface area contributed by atoms with Gasteiger partial charge in [0.25, 0.3) is 0 Å². The summed E-state index contributed by atoms with van der Waals surface area (Å²) in [5, 5.41) is 0.872. The number of hydrogen-bond donors (Lipinski definition) is 0. The summed E-state index contributed by atoms with van der Waals surface area (Å²) in [5.74, 6) is 3.44. The van der Waals surface area contributed by atoms with Gasteiger partial charge in [0.05, 0.1) is 0 Å². The third-order valence-corrected chi connectivity index (χ3v) is 4.48. The number of alkyl halides is 1. The van der Waals surface area contributed by atoms with Gasteiger partial charge in [-0.3, -0.25) is 4.79 Å². The second-order valence-electron chi connectivity index (χ2n) is 4.63. The van der Waals surface area contributed by atoms with Gasteiger partial charge in [-0.1, -0.05) is 15.9 Å². The average molecular weight is 308 g/mol. The number of thioether (sulfide) groups is 1. The lowest BCUT2D eigenvalue weighted by atomic mass is 9.98. The van der Waals surface area contributed by atoms with E-state index in [0.717, 1.165) is 18.3 Å². The number of hydrogen-bond acceptors (Lipinski definition) is 2. The number of rotatable bonds is 5. The van der Waals surface area contributed by atoms with Gasteiger partial charge in [-0.25, -0.2) is 0 Å². The summed E-state index contributed by atoms with van der Waals surface area (Å²) in [6.45, 7) is 5.02. The quantitative estimate of drug-likeness (QED) is 0.727.